The molecule has 98 valence electrons. The number of hydrogen-bond donors (Lipinski definition) is 1. The average molecular weight is 261 g/mol. The summed E-state index contributed by atoms with van der Waals surface area (Å²) in [6.45, 7) is -1.51. The number of benzene rings is 1. The van der Waals surface area contributed by atoms with E-state index >= 15 is 0 Å². The Morgan fingerprint density at radius 1 is 1.28 bits per heavy atom. The van der Waals surface area contributed by atoms with Gasteiger partial charge in [0.15, 0.2) is 0 Å². The van der Waals surface area contributed by atoms with Gasteiger partial charge in [0, 0.05) is 0 Å². The maximum atomic E-state index is 13.2. The Kier molecular flexibility index (Phi) is 5.13. The second-order valence-electron chi connectivity index (χ2n) is 3.43. The molecule has 1 rings (SSSR count). The molecule has 0 atom stereocenters. The summed E-state index contributed by atoms with van der Waals surface area (Å²) >= 11 is 0. The first kappa shape index (κ1) is 14.5. The molecule has 2 nitrogen and oxygen atoms in total. The van der Waals surface area contributed by atoms with Gasteiger partial charge in [-0.05, 0) is 17.7 Å². The summed E-state index contributed by atoms with van der Waals surface area (Å²) in [4.78, 5) is 0. The molecule has 0 saturated heterocycles. The molecule has 0 bridgehead atoms. The van der Waals surface area contributed by atoms with Crippen molar-refractivity contribution in [1.82, 2.24) is 0 Å². The highest BCUT2D eigenvalue weighted by molar-refractivity contribution is 5.38. The van der Waals surface area contributed by atoms with Crippen molar-refractivity contribution >= 4 is 0 Å². The molecule has 6 heteroatoms. The number of ether oxygens (including phenoxy) is 1. The van der Waals surface area contributed by atoms with Crippen LogP contribution in [-0.4, -0.2) is 19.3 Å². The lowest BCUT2D eigenvalue weighted by Crippen LogP contribution is -2.16. The molecule has 0 unspecified atom stereocenters. The van der Waals surface area contributed by atoms with Crippen molar-refractivity contribution in [2.45, 2.75) is 12.8 Å². The molecule has 0 saturated carbocycles. The van der Waals surface area contributed by atoms with Gasteiger partial charge in [0.1, 0.15) is 12.4 Å². The Bertz CT molecular complexity index is 459. The average Bonchev–Trinajstić information content (AvgIpc) is 2.28. The van der Waals surface area contributed by atoms with E-state index in [1.165, 1.54) is 12.1 Å². The largest absolute Gasteiger partial charge is 0.411 e. The van der Waals surface area contributed by atoms with Crippen molar-refractivity contribution in [3.63, 3.8) is 0 Å². The van der Waals surface area contributed by atoms with Gasteiger partial charge in [0.05, 0.1) is 18.7 Å². The molecular formula is C12H11F4NO. The monoisotopic (exact) mass is 261 g/mol. The number of nitrogens with two attached hydrogens (primary N) is 1. The van der Waals surface area contributed by atoms with Gasteiger partial charge >= 0.3 is 6.18 Å². The fraction of sp³-hybridized carbons (Fsp3) is 0.333. The number of halogens is 4. The van der Waals surface area contributed by atoms with E-state index in [-0.39, 0.29) is 18.7 Å². The normalized spacial score (nSPS) is 10.9. The van der Waals surface area contributed by atoms with Gasteiger partial charge in [0.2, 0.25) is 0 Å². The van der Waals surface area contributed by atoms with E-state index in [0.29, 0.717) is 5.56 Å². The minimum Gasteiger partial charge on any atom is -0.367 e. The molecule has 0 heterocycles. The predicted molar refractivity (Wildman–Crippen MR) is 58.0 cm³/mol. The number of rotatable bonds is 3. The van der Waals surface area contributed by atoms with Gasteiger partial charge in [-0.15, -0.1) is 0 Å². The van der Waals surface area contributed by atoms with Crippen molar-refractivity contribution in [2.24, 2.45) is 5.73 Å². The topological polar surface area (TPSA) is 35.2 Å². The highest BCUT2D eigenvalue weighted by Crippen LogP contribution is 2.16. The lowest BCUT2D eigenvalue weighted by atomic mass is 10.1. The minimum atomic E-state index is -4.37. The van der Waals surface area contributed by atoms with E-state index < -0.39 is 18.6 Å². The zero-order chi connectivity index (χ0) is 13.6. The van der Waals surface area contributed by atoms with Crippen LogP contribution < -0.4 is 5.73 Å². The molecule has 0 fully saturated rings. The van der Waals surface area contributed by atoms with Gasteiger partial charge in [-0.1, -0.05) is 17.9 Å². The summed E-state index contributed by atoms with van der Waals surface area (Å²) in [7, 11) is 0. The van der Waals surface area contributed by atoms with Gasteiger partial charge in [-0.25, -0.2) is 4.39 Å². The van der Waals surface area contributed by atoms with Crippen LogP contribution in [0.4, 0.5) is 17.6 Å². The standard InChI is InChI=1S/C12H11F4NO/c13-11-4-3-9(6-10(11)2-1-5-17)7-18-8-12(14,15)16/h3-4,6H,5,7-8,17H2. The van der Waals surface area contributed by atoms with Crippen molar-refractivity contribution in [2.75, 3.05) is 13.2 Å². The van der Waals surface area contributed by atoms with Crippen molar-refractivity contribution in [3.05, 3.63) is 35.1 Å². The molecule has 0 aliphatic carbocycles. The quantitative estimate of drug-likeness (QED) is 0.669. The molecule has 0 aromatic heterocycles. The van der Waals surface area contributed by atoms with Crippen molar-refractivity contribution in [1.29, 1.82) is 0 Å². The first-order valence-corrected chi connectivity index (χ1v) is 5.04. The van der Waals surface area contributed by atoms with Gasteiger partial charge in [-0.3, -0.25) is 0 Å². The van der Waals surface area contributed by atoms with E-state index in [1.807, 2.05) is 0 Å². The van der Waals surface area contributed by atoms with Crippen molar-refractivity contribution in [3.8, 4) is 11.8 Å². The van der Waals surface area contributed by atoms with Crippen molar-refractivity contribution < 1.29 is 22.3 Å². The molecule has 0 aliphatic rings. The molecule has 1 aromatic rings. The van der Waals surface area contributed by atoms with Crippen LogP contribution in [0, 0.1) is 17.7 Å². The van der Waals surface area contributed by atoms with Crippen LogP contribution in [0.15, 0.2) is 18.2 Å². The molecule has 0 aliphatic heterocycles. The summed E-state index contributed by atoms with van der Waals surface area (Å²) in [6.07, 6.45) is -4.37. The summed E-state index contributed by atoms with van der Waals surface area (Å²) in [5, 5.41) is 0. The summed E-state index contributed by atoms with van der Waals surface area (Å²) in [5.41, 5.74) is 5.66. The molecule has 18 heavy (non-hydrogen) atoms. The first-order valence-electron chi connectivity index (χ1n) is 5.04. The molecule has 1 aromatic carbocycles. The van der Waals surface area contributed by atoms with E-state index in [4.69, 9.17) is 5.73 Å². The predicted octanol–water partition coefficient (Wildman–Crippen LogP) is 2.21. The smallest absolute Gasteiger partial charge is 0.367 e. The molecular weight excluding hydrogens is 250 g/mol. The van der Waals surface area contributed by atoms with E-state index in [9.17, 15) is 17.6 Å². The zero-order valence-corrected chi connectivity index (χ0v) is 9.35. The van der Waals surface area contributed by atoms with Crippen LogP contribution in [-0.2, 0) is 11.3 Å². The SMILES string of the molecule is NCC#Cc1cc(COCC(F)(F)F)ccc1F. The lowest BCUT2D eigenvalue weighted by Gasteiger charge is -2.08. The summed E-state index contributed by atoms with van der Waals surface area (Å²) in [5.74, 6) is 4.42. The molecule has 0 amide bonds. The second kappa shape index (κ2) is 6.38. The van der Waals surface area contributed by atoms with E-state index in [2.05, 4.69) is 16.6 Å². The number of hydrogen-bond acceptors (Lipinski definition) is 2. The fourth-order valence-electron chi connectivity index (χ4n) is 1.19. The third kappa shape index (κ3) is 5.17. The Hall–Kier alpha value is -1.58. The maximum absolute atomic E-state index is 13.2. The van der Waals surface area contributed by atoms with Gasteiger partial charge in [0.25, 0.3) is 0 Å². The highest BCUT2D eigenvalue weighted by atomic mass is 19.4. The fourth-order valence-corrected chi connectivity index (χ4v) is 1.19. The van der Waals surface area contributed by atoms with Crippen LogP contribution in [0.25, 0.3) is 0 Å². The lowest BCUT2D eigenvalue weighted by molar-refractivity contribution is -0.176. The van der Waals surface area contributed by atoms with E-state index in [1.54, 1.807) is 0 Å². The van der Waals surface area contributed by atoms with Crippen LogP contribution in [0.3, 0.4) is 0 Å². The van der Waals surface area contributed by atoms with Gasteiger partial charge in [-0.2, -0.15) is 13.2 Å². The zero-order valence-electron chi connectivity index (χ0n) is 9.35. The molecule has 2 N–H and O–H groups in total. The molecule has 0 radical (unpaired) electrons. The minimum absolute atomic E-state index is 0.0776. The Morgan fingerprint density at radius 3 is 2.61 bits per heavy atom. The van der Waals surface area contributed by atoms with Crippen LogP contribution in [0.2, 0.25) is 0 Å². The van der Waals surface area contributed by atoms with Crippen LogP contribution in [0.5, 0.6) is 0 Å². The summed E-state index contributed by atoms with van der Waals surface area (Å²) in [6, 6.07) is 3.82. The molecule has 0 spiro atoms. The Balaban J connectivity index is 2.67. The third-order valence-electron chi connectivity index (χ3n) is 1.89. The highest BCUT2D eigenvalue weighted by Gasteiger charge is 2.27. The van der Waals surface area contributed by atoms with Crippen LogP contribution in [0.1, 0.15) is 11.1 Å². The third-order valence-corrected chi connectivity index (χ3v) is 1.89. The Labute approximate surface area is 102 Å². The van der Waals surface area contributed by atoms with Crippen LogP contribution >= 0.6 is 0 Å². The van der Waals surface area contributed by atoms with E-state index in [0.717, 1.165) is 6.07 Å². The second-order valence-corrected chi connectivity index (χ2v) is 3.43. The summed E-state index contributed by atoms with van der Waals surface area (Å²) < 4.78 is 53.2. The maximum Gasteiger partial charge on any atom is 0.411 e. The van der Waals surface area contributed by atoms with Gasteiger partial charge < -0.3 is 10.5 Å². The number of alkyl halides is 3. The Morgan fingerprint density at radius 2 is 2.00 bits per heavy atom. The first-order chi connectivity index (χ1) is 8.42.